The highest BCUT2D eigenvalue weighted by molar-refractivity contribution is 6.80. The summed E-state index contributed by atoms with van der Waals surface area (Å²) < 4.78 is 19.9. The Labute approximate surface area is 263 Å². The summed E-state index contributed by atoms with van der Waals surface area (Å²) in [5, 5.41) is 2.13. The molecule has 7 heteroatoms. The summed E-state index contributed by atoms with van der Waals surface area (Å²) in [6.45, 7) is 8.52. The van der Waals surface area contributed by atoms with Gasteiger partial charge in [-0.1, -0.05) is 171 Å². The van der Waals surface area contributed by atoms with E-state index in [1.165, 1.54) is 96.3 Å². The Morgan fingerprint density at radius 3 is 1.02 bits per heavy atom. The van der Waals surface area contributed by atoms with E-state index in [4.69, 9.17) is 48.1 Å². The van der Waals surface area contributed by atoms with Crippen LogP contribution in [0.4, 0.5) is 0 Å². The van der Waals surface area contributed by atoms with Gasteiger partial charge >= 0.3 is 8.80 Å². The van der Waals surface area contributed by atoms with Gasteiger partial charge in [-0.15, -0.1) is 0 Å². The van der Waals surface area contributed by atoms with Gasteiger partial charge in [-0.25, -0.2) is 0 Å². The summed E-state index contributed by atoms with van der Waals surface area (Å²) >= 11 is 19.8. The minimum atomic E-state index is -3.35. The maximum absolute atomic E-state index is 6.78. The van der Waals surface area contributed by atoms with Crippen molar-refractivity contribution in [2.45, 2.75) is 156 Å². The molecule has 0 bridgehead atoms. The van der Waals surface area contributed by atoms with E-state index in [2.05, 4.69) is 20.8 Å². The molecule has 1 aromatic carbocycles. The second-order valence-electron chi connectivity index (χ2n) is 11.2. The van der Waals surface area contributed by atoms with Crippen molar-refractivity contribution in [3.8, 4) is 0 Å². The van der Waals surface area contributed by atoms with Crippen molar-refractivity contribution in [1.29, 1.82) is 0 Å². The first-order chi connectivity index (χ1) is 19.5. The van der Waals surface area contributed by atoms with E-state index in [1.54, 1.807) is 12.1 Å². The first kappa shape index (κ1) is 38.2. The SMILES string of the molecule is CCCCCCCCCO[Si](OCCCCCCCCC)(OCCCCCCCCC)c1c(Cl)cc(Cl)cc1Cl. The van der Waals surface area contributed by atoms with Gasteiger partial charge in [0.1, 0.15) is 0 Å². The maximum Gasteiger partial charge on any atom is 0.540 e. The molecule has 0 aliphatic rings. The summed E-state index contributed by atoms with van der Waals surface area (Å²) in [5.74, 6) is 0. The van der Waals surface area contributed by atoms with E-state index in [0.717, 1.165) is 38.5 Å². The van der Waals surface area contributed by atoms with Crippen LogP contribution in [0.5, 0.6) is 0 Å². The molecule has 0 fully saturated rings. The van der Waals surface area contributed by atoms with E-state index in [0.29, 0.717) is 40.1 Å². The number of hydrogen-bond acceptors (Lipinski definition) is 3. The van der Waals surface area contributed by atoms with Crippen LogP contribution in [0, 0.1) is 0 Å². The molecule has 0 saturated carbocycles. The molecule has 0 aromatic heterocycles. The predicted octanol–water partition coefficient (Wildman–Crippen LogP) is 12.1. The van der Waals surface area contributed by atoms with Crippen molar-refractivity contribution < 1.29 is 13.3 Å². The summed E-state index contributed by atoms with van der Waals surface area (Å²) in [6, 6.07) is 3.47. The second-order valence-corrected chi connectivity index (χ2v) is 14.9. The van der Waals surface area contributed by atoms with Gasteiger partial charge in [0.25, 0.3) is 0 Å². The van der Waals surface area contributed by atoms with E-state index >= 15 is 0 Å². The molecule has 3 nitrogen and oxygen atoms in total. The Balaban J connectivity index is 2.89. The van der Waals surface area contributed by atoms with Crippen molar-refractivity contribution in [2.24, 2.45) is 0 Å². The average Bonchev–Trinajstić information content (AvgIpc) is 2.92. The van der Waals surface area contributed by atoms with Crippen molar-refractivity contribution in [2.75, 3.05) is 19.8 Å². The fourth-order valence-corrected chi connectivity index (χ4v) is 9.14. The van der Waals surface area contributed by atoms with Crippen molar-refractivity contribution in [3.05, 3.63) is 27.2 Å². The molecule has 0 saturated heterocycles. The van der Waals surface area contributed by atoms with Gasteiger partial charge in [0.15, 0.2) is 0 Å². The minimum Gasteiger partial charge on any atom is -0.370 e. The van der Waals surface area contributed by atoms with Crippen LogP contribution in [0.2, 0.25) is 15.1 Å². The Morgan fingerprint density at radius 1 is 0.450 bits per heavy atom. The highest BCUT2D eigenvalue weighted by atomic mass is 35.5. The first-order valence-corrected chi connectivity index (χ1v) is 19.4. The van der Waals surface area contributed by atoms with Gasteiger partial charge in [0, 0.05) is 34.9 Å². The van der Waals surface area contributed by atoms with Crippen molar-refractivity contribution >= 4 is 48.8 Å². The number of halogens is 3. The predicted molar refractivity (Wildman–Crippen MR) is 179 cm³/mol. The van der Waals surface area contributed by atoms with Crippen LogP contribution in [0.1, 0.15) is 156 Å². The lowest BCUT2D eigenvalue weighted by Crippen LogP contribution is -2.58. The number of benzene rings is 1. The summed E-state index contributed by atoms with van der Waals surface area (Å²) in [5.41, 5.74) is 0. The van der Waals surface area contributed by atoms with Gasteiger partial charge < -0.3 is 13.3 Å². The Kier molecular flexibility index (Phi) is 24.5. The topological polar surface area (TPSA) is 27.7 Å². The smallest absolute Gasteiger partial charge is 0.370 e. The van der Waals surface area contributed by atoms with Gasteiger partial charge in [-0.3, -0.25) is 0 Å². The van der Waals surface area contributed by atoms with Crippen molar-refractivity contribution in [1.82, 2.24) is 0 Å². The number of unbranched alkanes of at least 4 members (excludes halogenated alkanes) is 18. The molecule has 0 spiro atoms. The van der Waals surface area contributed by atoms with Crippen LogP contribution in [0.25, 0.3) is 0 Å². The molecule has 0 aliphatic carbocycles. The lowest BCUT2D eigenvalue weighted by atomic mass is 10.1. The molecule has 0 heterocycles. The van der Waals surface area contributed by atoms with Crippen LogP contribution < -0.4 is 5.19 Å². The lowest BCUT2D eigenvalue weighted by Gasteiger charge is -2.31. The molecular formula is C33H59Cl3O3Si. The average molecular weight is 638 g/mol. The Hall–Kier alpha value is 0.187. The Morgan fingerprint density at radius 2 is 0.725 bits per heavy atom. The quantitative estimate of drug-likeness (QED) is 0.0675. The summed E-state index contributed by atoms with van der Waals surface area (Å²) in [4.78, 5) is 0. The molecule has 0 radical (unpaired) electrons. The molecule has 0 atom stereocenters. The third-order valence-corrected chi connectivity index (χ3v) is 11.5. The third-order valence-electron chi connectivity index (χ3n) is 7.43. The molecule has 0 unspecified atom stereocenters. The molecule has 1 aromatic rings. The fourth-order valence-electron chi connectivity index (χ4n) is 4.97. The third kappa shape index (κ3) is 17.3. The molecule has 1 rings (SSSR count). The largest absolute Gasteiger partial charge is 0.540 e. The van der Waals surface area contributed by atoms with Crippen molar-refractivity contribution in [3.63, 3.8) is 0 Å². The normalized spacial score (nSPS) is 11.9. The monoisotopic (exact) mass is 636 g/mol. The van der Waals surface area contributed by atoms with Crippen LogP contribution in [-0.4, -0.2) is 28.6 Å². The highest BCUT2D eigenvalue weighted by Gasteiger charge is 2.47. The number of rotatable bonds is 28. The highest BCUT2D eigenvalue weighted by Crippen LogP contribution is 2.27. The van der Waals surface area contributed by atoms with E-state index < -0.39 is 8.80 Å². The van der Waals surface area contributed by atoms with Gasteiger partial charge in [0.2, 0.25) is 0 Å². The van der Waals surface area contributed by atoms with Gasteiger partial charge in [-0.05, 0) is 31.4 Å². The van der Waals surface area contributed by atoms with E-state index in [9.17, 15) is 0 Å². The zero-order valence-electron chi connectivity index (χ0n) is 26.0. The Bertz CT molecular complexity index is 662. The minimum absolute atomic E-state index is 0.475. The van der Waals surface area contributed by atoms with E-state index in [-0.39, 0.29) is 0 Å². The van der Waals surface area contributed by atoms with Gasteiger partial charge in [-0.2, -0.15) is 0 Å². The zero-order valence-corrected chi connectivity index (χ0v) is 29.3. The standard InChI is InChI=1S/C33H59Cl3O3Si/c1-4-7-10-13-16-19-22-25-37-40(33-31(35)28-30(34)29-32(33)36,38-26-23-20-17-14-11-8-5-2)39-27-24-21-18-15-12-9-6-3/h28-29H,4-27H2,1-3H3. The summed E-state index contributed by atoms with van der Waals surface area (Å²) in [6.07, 6.45) is 25.6. The lowest BCUT2D eigenvalue weighted by molar-refractivity contribution is 0.0688. The second kappa shape index (κ2) is 25.7. The van der Waals surface area contributed by atoms with Crippen LogP contribution in [0.3, 0.4) is 0 Å². The molecule has 0 N–H and O–H groups in total. The molecule has 0 amide bonds. The molecule has 234 valence electrons. The first-order valence-electron chi connectivity index (χ1n) is 16.6. The molecule has 40 heavy (non-hydrogen) atoms. The number of hydrogen-bond donors (Lipinski definition) is 0. The molecular weight excluding hydrogens is 579 g/mol. The fraction of sp³-hybridized carbons (Fsp3) is 0.818. The van der Waals surface area contributed by atoms with Crippen LogP contribution in [-0.2, 0) is 13.3 Å². The van der Waals surface area contributed by atoms with E-state index in [1.807, 2.05) is 0 Å². The maximum atomic E-state index is 6.78. The summed E-state index contributed by atoms with van der Waals surface area (Å²) in [7, 11) is -3.35. The van der Waals surface area contributed by atoms with Crippen LogP contribution in [0.15, 0.2) is 12.1 Å². The van der Waals surface area contributed by atoms with Gasteiger partial charge in [0.05, 0.1) is 5.19 Å². The zero-order chi connectivity index (χ0) is 29.3. The van der Waals surface area contributed by atoms with Crippen LogP contribution >= 0.6 is 34.8 Å². The molecule has 0 aliphatic heterocycles.